The van der Waals surface area contributed by atoms with Crippen LogP contribution in [0.25, 0.3) is 0 Å². The van der Waals surface area contributed by atoms with E-state index in [2.05, 4.69) is 0 Å². The second-order valence-electron chi connectivity index (χ2n) is 2.64. The van der Waals surface area contributed by atoms with Crippen molar-refractivity contribution >= 4 is 17.9 Å². The van der Waals surface area contributed by atoms with Gasteiger partial charge in [0.05, 0.1) is 11.9 Å². The normalized spacial score (nSPS) is 8.06. The summed E-state index contributed by atoms with van der Waals surface area (Å²) >= 11 is 0. The minimum Gasteiger partial charge on any atom is -0.550 e. The quantitative estimate of drug-likeness (QED) is 0.537. The molecule has 90 valence electrons. The predicted octanol–water partition coefficient (Wildman–Crippen LogP) is -2.83. The van der Waals surface area contributed by atoms with E-state index in [0.29, 0.717) is 0 Å². The van der Waals surface area contributed by atoms with Crippen LogP contribution in [0.15, 0.2) is 24.3 Å². The molecule has 0 aliphatic rings. The Balaban J connectivity index is 0. The Morgan fingerprint density at radius 2 is 1.00 bits per heavy atom. The summed E-state index contributed by atoms with van der Waals surface area (Å²) in [6, 6.07) is 4.61. The fourth-order valence-electron chi connectivity index (χ4n) is 0.742. The van der Waals surface area contributed by atoms with E-state index in [1.165, 1.54) is 0 Å². The standard InChI is InChI=1S/C8H6O4.C2H4O2.Mn/c9-7(10)5-1-2-6(4-3-5)8(11)12;1-2(3)4;/h1-4H,(H,9,10)(H,11,12);1H3,(H,3,4);/q;;+3/p-3. The van der Waals surface area contributed by atoms with Crippen LogP contribution in [0, 0.1) is 0 Å². The molecule has 1 aromatic carbocycles. The van der Waals surface area contributed by atoms with E-state index >= 15 is 0 Å². The fraction of sp³-hybridized carbons (Fsp3) is 0.100. The summed E-state index contributed by atoms with van der Waals surface area (Å²) in [6.07, 6.45) is 0. The van der Waals surface area contributed by atoms with Gasteiger partial charge in [0, 0.05) is 5.97 Å². The van der Waals surface area contributed by atoms with Crippen LogP contribution < -0.4 is 15.3 Å². The Morgan fingerprint density at radius 3 is 1.12 bits per heavy atom. The SMILES string of the molecule is CC(=O)[O-].O=C([O-])c1ccc(C(=O)[O-])cc1.[Mn+3]. The molecule has 0 atom stereocenters. The molecule has 0 N–H and O–H groups in total. The van der Waals surface area contributed by atoms with Crippen molar-refractivity contribution in [2.75, 3.05) is 0 Å². The molecule has 0 aliphatic heterocycles. The molecular weight excluding hydrogens is 271 g/mol. The molecule has 0 amide bonds. The van der Waals surface area contributed by atoms with E-state index in [9.17, 15) is 19.8 Å². The molecule has 17 heavy (non-hydrogen) atoms. The van der Waals surface area contributed by atoms with Gasteiger partial charge in [0.2, 0.25) is 0 Å². The van der Waals surface area contributed by atoms with E-state index in [1.807, 2.05) is 0 Å². The van der Waals surface area contributed by atoms with Crippen LogP contribution in [-0.2, 0) is 21.9 Å². The van der Waals surface area contributed by atoms with E-state index in [0.717, 1.165) is 31.2 Å². The molecule has 0 spiro atoms. The molecule has 0 heterocycles. The van der Waals surface area contributed by atoms with E-state index in [1.54, 1.807) is 0 Å². The second kappa shape index (κ2) is 8.32. The van der Waals surface area contributed by atoms with Crippen LogP contribution in [-0.4, -0.2) is 17.9 Å². The number of carboxylic acids is 3. The first-order valence-corrected chi connectivity index (χ1v) is 4.05. The maximum atomic E-state index is 10.2. The fourth-order valence-corrected chi connectivity index (χ4v) is 0.742. The minimum atomic E-state index is -1.33. The number of hydrogen-bond donors (Lipinski definition) is 0. The topological polar surface area (TPSA) is 120 Å². The average Bonchev–Trinajstić information content (AvgIpc) is 2.17. The minimum absolute atomic E-state index is 0. The van der Waals surface area contributed by atoms with Crippen LogP contribution >= 0.6 is 0 Å². The Hall–Kier alpha value is -1.85. The van der Waals surface area contributed by atoms with Crippen LogP contribution in [0.1, 0.15) is 27.6 Å². The zero-order valence-electron chi connectivity index (χ0n) is 8.64. The largest absolute Gasteiger partial charge is 3.00 e. The van der Waals surface area contributed by atoms with Gasteiger partial charge in [-0.1, -0.05) is 24.3 Å². The number of carbonyl (C=O) groups is 3. The molecule has 0 unspecified atom stereocenters. The van der Waals surface area contributed by atoms with Crippen LogP contribution in [0.5, 0.6) is 0 Å². The first-order chi connectivity index (χ1) is 7.34. The van der Waals surface area contributed by atoms with Crippen molar-refractivity contribution in [2.24, 2.45) is 0 Å². The number of hydrogen-bond acceptors (Lipinski definition) is 6. The maximum absolute atomic E-state index is 10.2. The molecule has 0 bridgehead atoms. The van der Waals surface area contributed by atoms with Crippen LogP contribution in [0.3, 0.4) is 0 Å². The molecule has 0 saturated heterocycles. The van der Waals surface area contributed by atoms with Crippen molar-refractivity contribution in [1.82, 2.24) is 0 Å². The van der Waals surface area contributed by atoms with Crippen molar-refractivity contribution in [3.05, 3.63) is 35.4 Å². The van der Waals surface area contributed by atoms with Gasteiger partial charge in [-0.05, 0) is 18.1 Å². The summed E-state index contributed by atoms with van der Waals surface area (Å²) in [5.41, 5.74) is -0.111. The Bertz CT molecular complexity index is 361. The number of carbonyl (C=O) groups excluding carboxylic acids is 3. The summed E-state index contributed by atoms with van der Waals surface area (Å²) < 4.78 is 0. The van der Waals surface area contributed by atoms with Gasteiger partial charge in [-0.15, -0.1) is 0 Å². The van der Waals surface area contributed by atoms with Gasteiger partial charge in [0.25, 0.3) is 0 Å². The zero-order chi connectivity index (χ0) is 12.7. The molecule has 0 saturated carbocycles. The summed E-state index contributed by atoms with van der Waals surface area (Å²) in [7, 11) is 0. The molecule has 0 aromatic heterocycles. The molecule has 0 aliphatic carbocycles. The summed E-state index contributed by atoms with van der Waals surface area (Å²) in [4.78, 5) is 29.3. The van der Waals surface area contributed by atoms with Gasteiger partial charge in [-0.2, -0.15) is 0 Å². The molecule has 0 radical (unpaired) electrons. The Kier molecular flexibility index (Phi) is 8.58. The zero-order valence-corrected chi connectivity index (χ0v) is 9.82. The summed E-state index contributed by atoms with van der Waals surface area (Å²) in [6.45, 7) is 0.972. The first-order valence-electron chi connectivity index (χ1n) is 4.05. The Labute approximate surface area is 107 Å². The van der Waals surface area contributed by atoms with Crippen molar-refractivity contribution in [3.8, 4) is 0 Å². The molecule has 6 nitrogen and oxygen atoms in total. The molecular formula is C10H7MnO6. The third-order valence-corrected chi connectivity index (χ3v) is 1.36. The number of benzene rings is 1. The molecule has 1 rings (SSSR count). The molecule has 1 aromatic rings. The monoisotopic (exact) mass is 278 g/mol. The number of aliphatic carboxylic acids is 1. The van der Waals surface area contributed by atoms with Crippen LogP contribution in [0.2, 0.25) is 0 Å². The first kappa shape index (κ1) is 17.5. The van der Waals surface area contributed by atoms with Gasteiger partial charge in [0.15, 0.2) is 0 Å². The number of aromatic carboxylic acids is 2. The Morgan fingerprint density at radius 1 is 0.824 bits per heavy atom. The molecule has 0 fully saturated rings. The third-order valence-electron chi connectivity index (χ3n) is 1.36. The predicted molar refractivity (Wildman–Crippen MR) is 45.8 cm³/mol. The van der Waals surface area contributed by atoms with Gasteiger partial charge < -0.3 is 29.7 Å². The van der Waals surface area contributed by atoms with Gasteiger partial charge in [-0.3, -0.25) is 0 Å². The van der Waals surface area contributed by atoms with Gasteiger partial charge in [-0.25, -0.2) is 0 Å². The number of rotatable bonds is 2. The van der Waals surface area contributed by atoms with Crippen molar-refractivity contribution < 1.29 is 46.8 Å². The smallest absolute Gasteiger partial charge is 0.550 e. The van der Waals surface area contributed by atoms with Crippen molar-refractivity contribution in [3.63, 3.8) is 0 Å². The van der Waals surface area contributed by atoms with E-state index < -0.39 is 17.9 Å². The van der Waals surface area contributed by atoms with Crippen molar-refractivity contribution in [2.45, 2.75) is 6.92 Å². The second-order valence-corrected chi connectivity index (χ2v) is 2.64. The third kappa shape index (κ3) is 8.01. The van der Waals surface area contributed by atoms with Crippen molar-refractivity contribution in [1.29, 1.82) is 0 Å². The van der Waals surface area contributed by atoms with Gasteiger partial charge in [0.1, 0.15) is 0 Å². The van der Waals surface area contributed by atoms with Gasteiger partial charge >= 0.3 is 17.1 Å². The van der Waals surface area contributed by atoms with Crippen LogP contribution in [0.4, 0.5) is 0 Å². The average molecular weight is 278 g/mol. The van der Waals surface area contributed by atoms with E-state index in [4.69, 9.17) is 9.90 Å². The maximum Gasteiger partial charge on any atom is 3.00 e. The molecule has 7 heteroatoms. The van der Waals surface area contributed by atoms with E-state index in [-0.39, 0.29) is 28.2 Å². The summed E-state index contributed by atoms with van der Waals surface area (Å²) in [5, 5.41) is 29.3. The summed E-state index contributed by atoms with van der Waals surface area (Å²) in [5.74, 6) is -3.75. The number of carboxylic acid groups (broad SMARTS) is 3.